The number of sulfonamides is 1. The Morgan fingerprint density at radius 3 is 2.68 bits per heavy atom. The lowest BCUT2D eigenvalue weighted by Crippen LogP contribution is -2.26. The lowest BCUT2D eigenvalue weighted by Gasteiger charge is -2.16. The smallest absolute Gasteiger partial charge is 0.225 e. The van der Waals surface area contributed by atoms with Crippen molar-refractivity contribution in [1.82, 2.24) is 14.7 Å². The van der Waals surface area contributed by atoms with Gasteiger partial charge in [0.2, 0.25) is 16.0 Å². The van der Waals surface area contributed by atoms with E-state index in [-0.39, 0.29) is 12.3 Å². The molecular formula is C17H21FN4O2S. The Morgan fingerprint density at radius 2 is 1.96 bits per heavy atom. The fraction of sp³-hybridized carbons (Fsp3) is 0.412. The van der Waals surface area contributed by atoms with Gasteiger partial charge in [0.05, 0.1) is 18.0 Å². The molecule has 1 aromatic heterocycles. The van der Waals surface area contributed by atoms with Gasteiger partial charge < -0.3 is 4.90 Å². The molecule has 0 atom stereocenters. The van der Waals surface area contributed by atoms with Gasteiger partial charge in [-0.2, -0.15) is 0 Å². The molecule has 1 aliphatic rings. The van der Waals surface area contributed by atoms with E-state index >= 15 is 0 Å². The molecule has 0 radical (unpaired) electrons. The zero-order valence-corrected chi connectivity index (χ0v) is 14.9. The number of hydrogen-bond acceptors (Lipinski definition) is 5. The first kappa shape index (κ1) is 17.8. The molecule has 1 aromatic carbocycles. The standard InChI is InChI=1S/C17H21FN4O2S/c1-13-9-16(21-17(20-13)22-7-2-3-8-22)11-19-25(23,24)12-14-5-4-6-15(18)10-14/h4-6,9-10,19H,2-3,7-8,11-12H2,1H3. The molecule has 2 aromatic rings. The van der Waals surface area contributed by atoms with Crippen LogP contribution in [0, 0.1) is 12.7 Å². The second-order valence-corrected chi connectivity index (χ2v) is 8.01. The van der Waals surface area contributed by atoms with Gasteiger partial charge in [-0.05, 0) is 43.5 Å². The SMILES string of the molecule is Cc1cc(CNS(=O)(=O)Cc2cccc(F)c2)nc(N2CCCC2)n1. The van der Waals surface area contributed by atoms with E-state index in [4.69, 9.17) is 0 Å². The van der Waals surface area contributed by atoms with Crippen molar-refractivity contribution in [3.8, 4) is 0 Å². The summed E-state index contributed by atoms with van der Waals surface area (Å²) in [6, 6.07) is 7.36. The highest BCUT2D eigenvalue weighted by molar-refractivity contribution is 7.88. The average molecular weight is 364 g/mol. The average Bonchev–Trinajstić information content (AvgIpc) is 3.07. The molecule has 1 aliphatic heterocycles. The second-order valence-electron chi connectivity index (χ2n) is 6.20. The zero-order chi connectivity index (χ0) is 17.9. The first-order valence-corrected chi connectivity index (χ1v) is 9.88. The van der Waals surface area contributed by atoms with Gasteiger partial charge in [0.1, 0.15) is 5.82 Å². The van der Waals surface area contributed by atoms with Crippen molar-refractivity contribution in [2.45, 2.75) is 32.1 Å². The Hall–Kier alpha value is -2.06. The van der Waals surface area contributed by atoms with Crippen LogP contribution in [0.1, 0.15) is 29.8 Å². The van der Waals surface area contributed by atoms with Crippen molar-refractivity contribution in [1.29, 1.82) is 0 Å². The van der Waals surface area contributed by atoms with Crippen LogP contribution in [-0.2, 0) is 22.3 Å². The fourth-order valence-corrected chi connectivity index (χ4v) is 3.94. The first-order valence-electron chi connectivity index (χ1n) is 8.22. The third-order valence-electron chi connectivity index (χ3n) is 4.00. The maximum Gasteiger partial charge on any atom is 0.225 e. The monoisotopic (exact) mass is 364 g/mol. The third-order valence-corrected chi connectivity index (χ3v) is 5.30. The molecule has 0 spiro atoms. The van der Waals surface area contributed by atoms with Gasteiger partial charge >= 0.3 is 0 Å². The van der Waals surface area contributed by atoms with Gasteiger partial charge in [-0.25, -0.2) is 27.5 Å². The van der Waals surface area contributed by atoms with E-state index < -0.39 is 15.8 Å². The topological polar surface area (TPSA) is 75.2 Å². The number of anilines is 1. The van der Waals surface area contributed by atoms with Crippen LogP contribution in [0.15, 0.2) is 30.3 Å². The van der Waals surface area contributed by atoms with Crippen molar-refractivity contribution in [3.05, 3.63) is 53.1 Å². The summed E-state index contributed by atoms with van der Waals surface area (Å²) in [4.78, 5) is 11.0. The highest BCUT2D eigenvalue weighted by atomic mass is 32.2. The Bertz CT molecular complexity index is 851. The molecule has 134 valence electrons. The summed E-state index contributed by atoms with van der Waals surface area (Å²) in [5.41, 5.74) is 1.83. The van der Waals surface area contributed by atoms with Crippen LogP contribution in [0.2, 0.25) is 0 Å². The normalized spacial score (nSPS) is 14.9. The summed E-state index contributed by atoms with van der Waals surface area (Å²) >= 11 is 0. The van der Waals surface area contributed by atoms with Gasteiger partial charge in [0.25, 0.3) is 0 Å². The lowest BCUT2D eigenvalue weighted by molar-refractivity contribution is 0.579. The van der Waals surface area contributed by atoms with E-state index in [1.165, 1.54) is 18.2 Å². The van der Waals surface area contributed by atoms with Crippen LogP contribution in [0.25, 0.3) is 0 Å². The Labute approximate surface area is 147 Å². The fourth-order valence-electron chi connectivity index (χ4n) is 2.85. The van der Waals surface area contributed by atoms with Gasteiger partial charge in [0.15, 0.2) is 0 Å². The third kappa shape index (κ3) is 4.96. The summed E-state index contributed by atoms with van der Waals surface area (Å²) in [7, 11) is -3.58. The Balaban J connectivity index is 1.67. The number of halogens is 1. The molecule has 0 bridgehead atoms. The van der Waals surface area contributed by atoms with E-state index in [1.54, 1.807) is 12.1 Å². The molecule has 6 nitrogen and oxygen atoms in total. The maximum atomic E-state index is 13.2. The van der Waals surface area contributed by atoms with Crippen LogP contribution >= 0.6 is 0 Å². The Morgan fingerprint density at radius 1 is 1.20 bits per heavy atom. The lowest BCUT2D eigenvalue weighted by atomic mass is 10.2. The minimum atomic E-state index is -3.58. The van der Waals surface area contributed by atoms with Crippen molar-refractivity contribution in [2.24, 2.45) is 0 Å². The minimum absolute atomic E-state index is 0.0852. The number of aromatic nitrogens is 2. The summed E-state index contributed by atoms with van der Waals surface area (Å²) in [6.07, 6.45) is 2.24. The zero-order valence-electron chi connectivity index (χ0n) is 14.1. The van der Waals surface area contributed by atoms with Crippen LogP contribution in [0.5, 0.6) is 0 Å². The molecule has 8 heteroatoms. The molecule has 1 N–H and O–H groups in total. The van der Waals surface area contributed by atoms with Gasteiger partial charge in [-0.15, -0.1) is 0 Å². The molecule has 1 fully saturated rings. The summed E-state index contributed by atoms with van der Waals surface area (Å²) < 4.78 is 40.2. The van der Waals surface area contributed by atoms with Crippen molar-refractivity contribution >= 4 is 16.0 Å². The molecule has 0 unspecified atom stereocenters. The molecule has 0 amide bonds. The number of aryl methyl sites for hydroxylation is 1. The molecule has 1 saturated heterocycles. The number of nitrogens with zero attached hydrogens (tertiary/aromatic N) is 3. The molecule has 0 aliphatic carbocycles. The summed E-state index contributed by atoms with van der Waals surface area (Å²) in [5.74, 6) is -0.0698. The molecular weight excluding hydrogens is 343 g/mol. The minimum Gasteiger partial charge on any atom is -0.341 e. The summed E-state index contributed by atoms with van der Waals surface area (Å²) in [6.45, 7) is 3.80. The van der Waals surface area contributed by atoms with Gasteiger partial charge in [-0.1, -0.05) is 12.1 Å². The molecule has 25 heavy (non-hydrogen) atoms. The summed E-state index contributed by atoms with van der Waals surface area (Å²) in [5, 5.41) is 0. The predicted octanol–water partition coefficient (Wildman–Crippen LogP) is 2.14. The van der Waals surface area contributed by atoms with E-state index in [2.05, 4.69) is 19.6 Å². The Kier molecular flexibility index (Phi) is 5.29. The van der Waals surface area contributed by atoms with Crippen molar-refractivity contribution in [2.75, 3.05) is 18.0 Å². The first-order chi connectivity index (χ1) is 11.9. The quantitative estimate of drug-likeness (QED) is 0.850. The van der Waals surface area contributed by atoms with Crippen molar-refractivity contribution in [3.63, 3.8) is 0 Å². The maximum absolute atomic E-state index is 13.2. The van der Waals surface area contributed by atoms with Gasteiger partial charge in [-0.3, -0.25) is 0 Å². The predicted molar refractivity (Wildman–Crippen MR) is 94.1 cm³/mol. The molecule has 0 saturated carbocycles. The number of benzene rings is 1. The number of hydrogen-bond donors (Lipinski definition) is 1. The van der Waals surface area contributed by atoms with Crippen LogP contribution < -0.4 is 9.62 Å². The highest BCUT2D eigenvalue weighted by Crippen LogP contribution is 2.17. The van der Waals surface area contributed by atoms with E-state index in [1.807, 2.05) is 6.92 Å². The highest BCUT2D eigenvalue weighted by Gasteiger charge is 2.17. The number of nitrogens with one attached hydrogen (secondary N) is 1. The largest absolute Gasteiger partial charge is 0.341 e. The van der Waals surface area contributed by atoms with E-state index in [0.717, 1.165) is 31.6 Å². The van der Waals surface area contributed by atoms with Gasteiger partial charge in [0, 0.05) is 18.8 Å². The van der Waals surface area contributed by atoms with Crippen molar-refractivity contribution < 1.29 is 12.8 Å². The van der Waals surface area contributed by atoms with Crippen LogP contribution in [0.3, 0.4) is 0 Å². The molecule has 3 rings (SSSR count). The number of rotatable bonds is 6. The van der Waals surface area contributed by atoms with E-state index in [9.17, 15) is 12.8 Å². The van der Waals surface area contributed by atoms with E-state index in [0.29, 0.717) is 17.2 Å². The second kappa shape index (κ2) is 7.45. The molecule has 2 heterocycles. The van der Waals surface area contributed by atoms with Crippen LogP contribution in [-0.4, -0.2) is 31.5 Å². The van der Waals surface area contributed by atoms with Crippen LogP contribution in [0.4, 0.5) is 10.3 Å².